The maximum atomic E-state index is 12.2. The van der Waals surface area contributed by atoms with Crippen molar-refractivity contribution in [1.29, 1.82) is 0 Å². The molecule has 0 bridgehead atoms. The zero-order valence-corrected chi connectivity index (χ0v) is 22.7. The predicted molar refractivity (Wildman–Crippen MR) is 150 cm³/mol. The fraction of sp³-hybridized carbons (Fsp3) is 0.690. The second kappa shape index (κ2) is 20.9. The molecule has 4 nitrogen and oxygen atoms in total. The molecule has 1 atom stereocenters. The van der Waals surface area contributed by atoms with Gasteiger partial charge in [-0.2, -0.15) is 12.6 Å². The van der Waals surface area contributed by atoms with Crippen molar-refractivity contribution in [2.24, 2.45) is 5.73 Å². The van der Waals surface area contributed by atoms with Crippen LogP contribution in [-0.4, -0.2) is 18.4 Å². The fourth-order valence-electron chi connectivity index (χ4n) is 4.22. The number of carbonyl (C=O) groups is 1. The highest BCUT2D eigenvalue weighted by Crippen LogP contribution is 2.22. The highest BCUT2D eigenvalue weighted by molar-refractivity contribution is 7.80. The molecule has 1 unspecified atom stereocenters. The van der Waals surface area contributed by atoms with Gasteiger partial charge in [-0.25, -0.2) is 0 Å². The van der Waals surface area contributed by atoms with Crippen molar-refractivity contribution in [3.8, 4) is 5.75 Å². The topological polar surface area (TPSA) is 64.4 Å². The van der Waals surface area contributed by atoms with Crippen LogP contribution in [-0.2, 0) is 17.6 Å². The number of ether oxygens (including phenoxy) is 1. The molecule has 1 amide bonds. The third-order valence-corrected chi connectivity index (χ3v) is 6.41. The van der Waals surface area contributed by atoms with Crippen LogP contribution in [0.2, 0.25) is 0 Å². The van der Waals surface area contributed by atoms with Crippen LogP contribution in [0.25, 0.3) is 0 Å². The molecule has 0 aliphatic rings. The maximum Gasteiger partial charge on any atom is 0.228 e. The summed E-state index contributed by atoms with van der Waals surface area (Å²) in [7, 11) is 1.63. The number of hydrogen-bond acceptors (Lipinski definition) is 4. The average molecular weight is 491 g/mol. The zero-order valence-electron chi connectivity index (χ0n) is 21.8. The van der Waals surface area contributed by atoms with Gasteiger partial charge in [0, 0.05) is 6.42 Å². The van der Waals surface area contributed by atoms with Crippen LogP contribution in [0, 0.1) is 0 Å². The molecule has 3 N–H and O–H groups in total. The molecule has 34 heavy (non-hydrogen) atoms. The average Bonchev–Trinajstić information content (AvgIpc) is 2.81. The Morgan fingerprint density at radius 1 is 0.971 bits per heavy atom. The van der Waals surface area contributed by atoms with Gasteiger partial charge >= 0.3 is 0 Å². The van der Waals surface area contributed by atoms with Gasteiger partial charge in [0.15, 0.2) is 0 Å². The van der Waals surface area contributed by atoms with Crippen LogP contribution < -0.4 is 15.8 Å². The molecular weight excluding hydrogens is 440 g/mol. The third kappa shape index (κ3) is 16.2. The lowest BCUT2D eigenvalue weighted by atomic mass is 10.0. The van der Waals surface area contributed by atoms with Crippen LogP contribution in [0.4, 0.5) is 0 Å². The summed E-state index contributed by atoms with van der Waals surface area (Å²) in [5.74, 6) is 0.737. The van der Waals surface area contributed by atoms with Crippen molar-refractivity contribution in [2.45, 2.75) is 121 Å². The second-order valence-corrected chi connectivity index (χ2v) is 10.1. The molecule has 1 aromatic rings. The number of allylic oxidation sites excluding steroid dienone is 1. The molecule has 0 aromatic heterocycles. The van der Waals surface area contributed by atoms with Gasteiger partial charge in [-0.15, -0.1) is 0 Å². The SMILES string of the molecule is CCCCCCCCCCCCCCCCC=CNC(=O)Cc1ccc(CC(N)S)c(OC)c1. The molecule has 0 aliphatic carbocycles. The first-order valence-electron chi connectivity index (χ1n) is 13.6. The maximum absolute atomic E-state index is 12.2. The fourth-order valence-corrected chi connectivity index (χ4v) is 4.42. The van der Waals surface area contributed by atoms with E-state index in [9.17, 15) is 4.79 Å². The normalized spacial score (nSPS) is 12.2. The van der Waals surface area contributed by atoms with E-state index in [1.807, 2.05) is 18.2 Å². The zero-order chi connectivity index (χ0) is 24.9. The lowest BCUT2D eigenvalue weighted by Gasteiger charge is -2.12. The van der Waals surface area contributed by atoms with Gasteiger partial charge in [-0.1, -0.05) is 109 Å². The molecule has 1 aromatic carbocycles. The van der Waals surface area contributed by atoms with Gasteiger partial charge in [-0.05, 0) is 36.2 Å². The molecule has 0 spiro atoms. The van der Waals surface area contributed by atoms with Crippen LogP contribution in [0.3, 0.4) is 0 Å². The van der Waals surface area contributed by atoms with Crippen LogP contribution in [0.1, 0.15) is 114 Å². The number of benzene rings is 1. The number of unbranched alkanes of at least 4 members (excludes halogenated alkanes) is 14. The summed E-state index contributed by atoms with van der Waals surface area (Å²) in [5.41, 5.74) is 7.68. The number of amides is 1. The summed E-state index contributed by atoms with van der Waals surface area (Å²) in [6.45, 7) is 2.28. The van der Waals surface area contributed by atoms with E-state index in [4.69, 9.17) is 10.5 Å². The van der Waals surface area contributed by atoms with E-state index >= 15 is 0 Å². The molecule has 194 valence electrons. The molecule has 0 saturated carbocycles. The molecule has 1 rings (SSSR count). The Morgan fingerprint density at radius 2 is 1.53 bits per heavy atom. The van der Waals surface area contributed by atoms with E-state index in [0.717, 1.165) is 23.3 Å². The van der Waals surface area contributed by atoms with E-state index in [0.29, 0.717) is 12.8 Å². The van der Waals surface area contributed by atoms with Gasteiger partial charge in [0.25, 0.3) is 0 Å². The molecule has 0 fully saturated rings. The summed E-state index contributed by atoms with van der Waals surface area (Å²) >= 11 is 4.24. The molecular formula is C29H50N2O2S. The van der Waals surface area contributed by atoms with E-state index in [-0.39, 0.29) is 11.3 Å². The summed E-state index contributed by atoms with van der Waals surface area (Å²) < 4.78 is 5.43. The van der Waals surface area contributed by atoms with Gasteiger partial charge in [-0.3, -0.25) is 4.79 Å². The van der Waals surface area contributed by atoms with Crippen molar-refractivity contribution in [3.63, 3.8) is 0 Å². The van der Waals surface area contributed by atoms with Gasteiger partial charge in [0.2, 0.25) is 5.91 Å². The summed E-state index contributed by atoms with van der Waals surface area (Å²) in [5, 5.41) is 2.64. The Morgan fingerprint density at radius 3 is 2.06 bits per heavy atom. The number of thiol groups is 1. The highest BCUT2D eigenvalue weighted by Gasteiger charge is 2.09. The molecule has 5 heteroatoms. The first kappa shape index (κ1) is 30.6. The molecule has 0 heterocycles. The van der Waals surface area contributed by atoms with Crippen molar-refractivity contribution in [2.75, 3.05) is 7.11 Å². The number of carbonyl (C=O) groups excluding carboxylic acids is 1. The smallest absolute Gasteiger partial charge is 0.228 e. The monoisotopic (exact) mass is 490 g/mol. The summed E-state index contributed by atoms with van der Waals surface area (Å²) in [6.07, 6.45) is 25.1. The third-order valence-electron chi connectivity index (χ3n) is 6.23. The van der Waals surface area contributed by atoms with Crippen molar-refractivity contribution >= 4 is 18.5 Å². The lowest BCUT2D eigenvalue weighted by Crippen LogP contribution is -2.19. The highest BCUT2D eigenvalue weighted by atomic mass is 32.1. The quantitative estimate of drug-likeness (QED) is 0.0949. The minimum atomic E-state index is -0.229. The van der Waals surface area contributed by atoms with Gasteiger partial charge in [0.05, 0.1) is 18.9 Å². The van der Waals surface area contributed by atoms with Crippen molar-refractivity contribution < 1.29 is 9.53 Å². The molecule has 0 radical (unpaired) electrons. The van der Waals surface area contributed by atoms with Gasteiger partial charge in [0.1, 0.15) is 5.75 Å². The molecule has 0 aliphatic heterocycles. The second-order valence-electron chi connectivity index (χ2n) is 9.45. The Labute approximate surface area is 214 Å². The Bertz CT molecular complexity index is 676. The van der Waals surface area contributed by atoms with Crippen LogP contribution in [0.15, 0.2) is 30.5 Å². The Hall–Kier alpha value is -1.46. The number of nitrogens with two attached hydrogens (primary N) is 1. The number of hydrogen-bond donors (Lipinski definition) is 3. The van der Waals surface area contributed by atoms with Crippen LogP contribution >= 0.6 is 12.6 Å². The Kier molecular flexibility index (Phi) is 18.8. The summed E-state index contributed by atoms with van der Waals surface area (Å²) in [6, 6.07) is 5.82. The summed E-state index contributed by atoms with van der Waals surface area (Å²) in [4.78, 5) is 12.2. The van der Waals surface area contributed by atoms with Gasteiger partial charge < -0.3 is 15.8 Å². The Balaban J connectivity index is 2.01. The van der Waals surface area contributed by atoms with E-state index in [2.05, 4.69) is 30.9 Å². The number of nitrogens with one attached hydrogen (secondary N) is 1. The minimum absolute atomic E-state index is 0.0158. The number of rotatable bonds is 21. The minimum Gasteiger partial charge on any atom is -0.496 e. The largest absolute Gasteiger partial charge is 0.496 e. The first-order chi connectivity index (χ1) is 16.6. The number of methoxy groups -OCH3 is 1. The van der Waals surface area contributed by atoms with E-state index in [1.165, 1.54) is 89.9 Å². The van der Waals surface area contributed by atoms with E-state index < -0.39 is 0 Å². The standard InChI is InChI=1S/C29H50N2O2S/c1-3-4-5-6-7-8-9-10-11-12-13-14-15-16-17-18-21-31-29(32)23-25-19-20-26(24-28(30)34)27(22-25)33-2/h18-22,28,34H,3-17,23-24,30H2,1-2H3,(H,31,32). The van der Waals surface area contributed by atoms with Crippen LogP contribution in [0.5, 0.6) is 5.75 Å². The van der Waals surface area contributed by atoms with Crippen molar-refractivity contribution in [3.05, 3.63) is 41.6 Å². The van der Waals surface area contributed by atoms with Crippen molar-refractivity contribution in [1.82, 2.24) is 5.32 Å². The van der Waals surface area contributed by atoms with E-state index in [1.54, 1.807) is 13.3 Å². The lowest BCUT2D eigenvalue weighted by molar-refractivity contribution is -0.119. The molecule has 0 saturated heterocycles. The predicted octanol–water partition coefficient (Wildman–Crippen LogP) is 7.50. The first-order valence-corrected chi connectivity index (χ1v) is 14.1.